The molecule has 6 heterocycles. The maximum absolute atomic E-state index is 15.7. The Balaban J connectivity index is 1.29. The highest BCUT2D eigenvalue weighted by molar-refractivity contribution is 6.32. The number of aromatic hydroxyl groups is 4. The van der Waals surface area contributed by atoms with Crippen molar-refractivity contribution in [1.29, 1.82) is 0 Å². The van der Waals surface area contributed by atoms with Crippen LogP contribution in [-0.4, -0.2) is 174 Å². The maximum atomic E-state index is 15.7. The number of phenolic OH excluding ortho intramolecular Hbond substituents is 4. The van der Waals surface area contributed by atoms with Gasteiger partial charge in [0.25, 0.3) is 0 Å². The number of ether oxygens (including phenoxy) is 4. The van der Waals surface area contributed by atoms with Gasteiger partial charge >= 0.3 is 5.97 Å². The number of hydrogen-bond donors (Lipinski definition) is 16. The van der Waals surface area contributed by atoms with Crippen LogP contribution in [0, 0.1) is 0 Å². The number of carboxylic acids is 1. The van der Waals surface area contributed by atoms with Crippen molar-refractivity contribution in [2.45, 2.75) is 105 Å². The molecule has 472 valence electrons. The lowest BCUT2D eigenvalue weighted by molar-refractivity contribution is -0.313. The Morgan fingerprint density at radius 1 is 0.708 bits per heavy atom. The zero-order valence-electron chi connectivity index (χ0n) is 47.0. The van der Waals surface area contributed by atoms with Gasteiger partial charge < -0.3 is 103 Å². The number of benzene rings is 5. The summed E-state index contributed by atoms with van der Waals surface area (Å²) >= 11 is 13.8. The number of primary amides is 1. The van der Waals surface area contributed by atoms with E-state index in [9.17, 15) is 65.1 Å². The van der Waals surface area contributed by atoms with Gasteiger partial charge in [-0.25, -0.2) is 4.79 Å². The first-order chi connectivity index (χ1) is 42.1. The molecule has 5 aromatic carbocycles. The smallest absolute Gasteiger partial charge is 0.330 e. The van der Waals surface area contributed by atoms with Crippen LogP contribution in [0.2, 0.25) is 10.0 Å². The van der Waals surface area contributed by atoms with Crippen molar-refractivity contribution < 1.29 is 103 Å². The lowest BCUT2D eigenvalue weighted by Crippen LogP contribution is -2.61. The number of carbonyl (C=O) groups excluding carboxylic acids is 7. The van der Waals surface area contributed by atoms with E-state index in [0.717, 1.165) is 54.6 Å². The molecule has 0 unspecified atom stereocenters. The topological polar surface area (TPSA) is 457 Å². The van der Waals surface area contributed by atoms with Crippen LogP contribution in [0.1, 0.15) is 71.8 Å². The van der Waals surface area contributed by atoms with Crippen LogP contribution in [0.25, 0.3) is 11.1 Å². The molecule has 5 aromatic rings. The molecule has 7 amide bonds. The molecule has 6 aliphatic heterocycles. The first kappa shape index (κ1) is 64.4. The van der Waals surface area contributed by atoms with Gasteiger partial charge in [0.2, 0.25) is 47.1 Å². The van der Waals surface area contributed by atoms with Crippen molar-refractivity contribution in [2.24, 2.45) is 5.73 Å². The molecular weight excluding hydrogens is 1220 g/mol. The normalized spacial score (nSPS) is 25.8. The molecule has 11 bridgehead atoms. The van der Waals surface area contributed by atoms with Gasteiger partial charge in [-0.3, -0.25) is 38.5 Å². The summed E-state index contributed by atoms with van der Waals surface area (Å²) in [5.41, 5.74) is 3.40. The Morgan fingerprint density at radius 2 is 1.34 bits per heavy atom. The first-order valence-corrected chi connectivity index (χ1v) is 28.0. The van der Waals surface area contributed by atoms with E-state index in [0.29, 0.717) is 5.56 Å². The summed E-state index contributed by atoms with van der Waals surface area (Å²) in [6, 6.07) is 1.43. The molecule has 31 heteroatoms. The summed E-state index contributed by atoms with van der Waals surface area (Å²) in [6.07, 6.45) is -13.5. The van der Waals surface area contributed by atoms with Gasteiger partial charge in [0, 0.05) is 35.6 Å². The predicted octanol–water partition coefficient (Wildman–Crippen LogP) is 0.435. The van der Waals surface area contributed by atoms with Crippen LogP contribution in [0.4, 0.5) is 0 Å². The molecule has 0 aromatic heterocycles. The highest BCUT2D eigenvalue weighted by Crippen LogP contribution is 2.48. The van der Waals surface area contributed by atoms with Crippen LogP contribution in [0.3, 0.4) is 0 Å². The molecule has 0 saturated carbocycles. The van der Waals surface area contributed by atoms with Crippen molar-refractivity contribution in [3.8, 4) is 57.1 Å². The fraction of sp³-hybridized carbons (Fsp3) is 0.345. The van der Waals surface area contributed by atoms with Gasteiger partial charge in [0.05, 0.1) is 22.7 Å². The molecule has 1 saturated heterocycles. The lowest BCUT2D eigenvalue weighted by Gasteiger charge is -2.42. The van der Waals surface area contributed by atoms with Crippen molar-refractivity contribution >= 4 is 70.5 Å². The fourth-order valence-corrected chi connectivity index (χ4v) is 10.8. The second kappa shape index (κ2) is 26.3. The maximum Gasteiger partial charge on any atom is 0.330 e. The fourth-order valence-electron chi connectivity index (χ4n) is 10.3. The Hall–Kier alpha value is -9.04. The largest absolute Gasteiger partial charge is 0.508 e. The van der Waals surface area contributed by atoms with E-state index in [1.165, 1.54) is 24.3 Å². The molecule has 0 spiro atoms. The third-order valence-corrected chi connectivity index (χ3v) is 16.0. The van der Waals surface area contributed by atoms with Crippen molar-refractivity contribution in [3.63, 3.8) is 0 Å². The molecule has 11 rings (SSSR count). The number of aliphatic carboxylic acids is 1. The minimum Gasteiger partial charge on any atom is -0.508 e. The Bertz CT molecular complexity index is 3670. The number of hydrogen-bond acceptors (Lipinski definition) is 21. The standard InChI is InChI=1S/C58H60Cl2N8O21/c1-21(68(2)3)51(78)63-32-13-22-4-9-35(29(59)12-22)86-37-16-25-17-38(46(37)74)87-36-10-6-24(15-30(36)60)50(89-58-49(77)48(76)47(75)39(20-69)88-58)45-56(83)66-44(57(84)85)28-18-26(70)19-34(72)41(28)27-14-23(5-8-33(27)71)42(54(81)67-45)65-55(82)43(25)64-52(79)31(62-53(32)80)7-11-40(61)73/h4-6,8-10,12,14-19,21,31-32,39,42-45,47-50,58,69-72,74-77H,7,11,13,20H2,1-3H3,(H2,61,73)(H,62,80)(H,63,78)(H,64,79)(H,65,82)(H,66,83)(H,67,81)(H,84,85)/t21-,31-,32+,39+,42+,43+,44-,45-,47+,48-,49+,50+,58+/m0/s1. The van der Waals surface area contributed by atoms with E-state index in [-0.39, 0.29) is 39.6 Å². The molecular formula is C58H60Cl2N8O21. The van der Waals surface area contributed by atoms with E-state index in [2.05, 4.69) is 31.9 Å². The van der Waals surface area contributed by atoms with Crippen molar-refractivity contribution in [2.75, 3.05) is 20.7 Å². The van der Waals surface area contributed by atoms with Gasteiger partial charge in [-0.15, -0.1) is 0 Å². The van der Waals surface area contributed by atoms with Crippen LogP contribution in [-0.2, 0) is 54.3 Å². The zero-order valence-corrected chi connectivity index (χ0v) is 48.6. The quantitative estimate of drug-likeness (QED) is 0.0902. The molecule has 6 aliphatic rings. The van der Waals surface area contributed by atoms with E-state index < -0.39 is 202 Å². The van der Waals surface area contributed by atoms with Gasteiger partial charge in [-0.2, -0.15) is 0 Å². The number of likely N-dealkylation sites (N-methyl/N-ethyl adjacent to an activating group) is 1. The van der Waals surface area contributed by atoms with Crippen molar-refractivity contribution in [1.82, 2.24) is 36.8 Å². The van der Waals surface area contributed by atoms with Crippen LogP contribution < -0.4 is 47.1 Å². The highest BCUT2D eigenvalue weighted by atomic mass is 35.5. The number of carboxylic acid groups (broad SMARTS) is 1. The number of fused-ring (bicyclic) bond motifs is 15. The third kappa shape index (κ3) is 13.7. The number of nitrogens with one attached hydrogen (secondary N) is 6. The highest BCUT2D eigenvalue weighted by Gasteiger charge is 2.48. The van der Waals surface area contributed by atoms with Gasteiger partial charge in [-0.1, -0.05) is 41.4 Å². The summed E-state index contributed by atoms with van der Waals surface area (Å²) in [5, 5.41) is 114. The number of aliphatic hydroxyl groups excluding tert-OH is 4. The summed E-state index contributed by atoms with van der Waals surface area (Å²) in [4.78, 5) is 117. The first-order valence-electron chi connectivity index (χ1n) is 27.3. The lowest BCUT2D eigenvalue weighted by atomic mass is 9.89. The third-order valence-electron chi connectivity index (χ3n) is 15.4. The molecule has 1 fully saturated rings. The number of nitrogens with two attached hydrogens (primary N) is 1. The summed E-state index contributed by atoms with van der Waals surface area (Å²) < 4.78 is 24.4. The average Bonchev–Trinajstić information content (AvgIpc) is 3.01. The second-order valence-corrected chi connectivity index (χ2v) is 22.4. The Kier molecular flexibility index (Phi) is 19.1. The van der Waals surface area contributed by atoms with E-state index in [1.807, 2.05) is 0 Å². The molecule has 13 atom stereocenters. The second-order valence-electron chi connectivity index (χ2n) is 21.6. The number of halogens is 2. The predicted molar refractivity (Wildman–Crippen MR) is 307 cm³/mol. The van der Waals surface area contributed by atoms with Gasteiger partial charge in [0.15, 0.2) is 23.8 Å². The molecule has 0 radical (unpaired) electrons. The van der Waals surface area contributed by atoms with Crippen LogP contribution >= 0.6 is 23.2 Å². The van der Waals surface area contributed by atoms with Gasteiger partial charge in [-0.05, 0) is 104 Å². The van der Waals surface area contributed by atoms with Crippen molar-refractivity contribution in [3.05, 3.63) is 117 Å². The number of rotatable bonds is 10. The Morgan fingerprint density at radius 3 is 1.97 bits per heavy atom. The van der Waals surface area contributed by atoms with Crippen LogP contribution in [0.5, 0.6) is 46.0 Å². The molecule has 17 N–H and O–H groups in total. The Labute approximate surface area is 514 Å². The van der Waals surface area contributed by atoms with E-state index in [1.54, 1.807) is 25.9 Å². The number of amides is 7. The summed E-state index contributed by atoms with van der Waals surface area (Å²) in [5.74, 6) is -14.5. The number of aliphatic hydroxyl groups is 4. The molecule has 29 nitrogen and oxygen atoms in total. The summed E-state index contributed by atoms with van der Waals surface area (Å²) in [7, 11) is 3.24. The summed E-state index contributed by atoms with van der Waals surface area (Å²) in [6.45, 7) is 0.581. The number of nitrogens with zero attached hydrogens (tertiary/aromatic N) is 1. The minimum atomic E-state index is -2.34. The minimum absolute atomic E-state index is 0.121. The monoisotopic (exact) mass is 1270 g/mol. The number of carbonyl (C=O) groups is 8. The van der Waals surface area contributed by atoms with Gasteiger partial charge in [0.1, 0.15) is 89.5 Å². The average molecular weight is 1280 g/mol. The molecule has 0 aliphatic carbocycles. The molecule has 89 heavy (non-hydrogen) atoms. The van der Waals surface area contributed by atoms with Crippen LogP contribution in [0.15, 0.2) is 78.9 Å². The number of phenols is 4. The van der Waals surface area contributed by atoms with E-state index >= 15 is 19.2 Å². The van der Waals surface area contributed by atoms with E-state index in [4.69, 9.17) is 47.9 Å². The zero-order chi connectivity index (χ0) is 64.6. The SMILES string of the molecule is C[C@@H](C(=O)N[C@@H]1Cc2ccc(c(Cl)c2)Oc2cc3cc(c2O)Oc2ccc(cc2Cl)[C@@H](O[C@H]2O[C@H](CO)[C@@H](O)[C@H](O)[C@H]2O)[C@@H]2NC(=O)[C@H](NC(=O)[C@@H]3NC(=O)[C@H](CCC(N)=O)NC1=O)c1ccc(O)c(c1)-c1c(O)cc(O)cc1[C@@H](C(=O)O)NC2=O)N(C)C.